The molecule has 10 nitrogen and oxygen atoms in total. The third-order valence-electron chi connectivity index (χ3n) is 5.42. The van der Waals surface area contributed by atoms with Crippen LogP contribution < -0.4 is 14.8 Å². The van der Waals surface area contributed by atoms with Crippen LogP contribution in [0.3, 0.4) is 0 Å². The summed E-state index contributed by atoms with van der Waals surface area (Å²) < 4.78 is 15.7. The second-order valence-electron chi connectivity index (χ2n) is 7.44. The molecule has 0 saturated carbocycles. The molecular formula is C21H23N3O7. The number of nitrogens with zero attached hydrogens (tertiary/aromatic N) is 2. The summed E-state index contributed by atoms with van der Waals surface area (Å²) in [5.41, 5.74) is 0.548. The Bertz CT molecular complexity index is 950. The summed E-state index contributed by atoms with van der Waals surface area (Å²) in [6.07, 6.45) is 2.61. The first-order valence-corrected chi connectivity index (χ1v) is 10.1. The van der Waals surface area contributed by atoms with E-state index in [1.165, 1.54) is 6.20 Å². The Labute approximate surface area is 178 Å². The van der Waals surface area contributed by atoms with E-state index in [1.54, 1.807) is 25.1 Å². The minimum absolute atomic E-state index is 0.0170. The first-order chi connectivity index (χ1) is 15.0. The molecule has 0 atom stereocenters. The van der Waals surface area contributed by atoms with E-state index in [0.29, 0.717) is 49.6 Å². The average Bonchev–Trinajstić information content (AvgIpc) is 3.22. The van der Waals surface area contributed by atoms with E-state index >= 15 is 0 Å². The van der Waals surface area contributed by atoms with Crippen LogP contribution in [0.2, 0.25) is 0 Å². The molecule has 10 heteroatoms. The van der Waals surface area contributed by atoms with Gasteiger partial charge in [0.1, 0.15) is 5.57 Å². The summed E-state index contributed by atoms with van der Waals surface area (Å²) >= 11 is 0. The number of barbiturate groups is 1. The first-order valence-electron chi connectivity index (χ1n) is 10.1. The maximum atomic E-state index is 12.9. The highest BCUT2D eigenvalue weighted by Crippen LogP contribution is 2.33. The number of esters is 1. The fraction of sp³-hybridized carbons (Fsp3) is 0.429. The van der Waals surface area contributed by atoms with Gasteiger partial charge in [-0.05, 0) is 37.5 Å². The third-order valence-corrected chi connectivity index (χ3v) is 5.42. The number of urea groups is 1. The Kier molecular flexibility index (Phi) is 5.79. The number of nitrogens with one attached hydrogen (secondary N) is 1. The van der Waals surface area contributed by atoms with Crippen molar-refractivity contribution in [3.63, 3.8) is 0 Å². The summed E-state index contributed by atoms with van der Waals surface area (Å²) in [5, 5.41) is 2.22. The largest absolute Gasteiger partial charge is 0.466 e. The zero-order valence-electron chi connectivity index (χ0n) is 17.1. The average molecular weight is 429 g/mol. The highest BCUT2D eigenvalue weighted by Gasteiger charge is 2.37. The standard InChI is InChI=1S/C21H23N3O7/c1-2-29-20(27)14-5-7-23(8-6-14)11-15-18(25)22-21(28)24(19(15)26)10-13-3-4-16-17(9-13)31-12-30-16/h3-4,9,11,14H,2,5-8,10,12H2,1H3,(H,22,25,28)/b15-11-. The molecule has 3 aliphatic heterocycles. The minimum Gasteiger partial charge on any atom is -0.466 e. The van der Waals surface area contributed by atoms with E-state index in [4.69, 9.17) is 14.2 Å². The molecule has 1 N–H and O–H groups in total. The van der Waals surface area contributed by atoms with Gasteiger partial charge in [0, 0.05) is 19.3 Å². The highest BCUT2D eigenvalue weighted by atomic mass is 16.7. The number of rotatable bonds is 5. The lowest BCUT2D eigenvalue weighted by Crippen LogP contribution is -2.54. The van der Waals surface area contributed by atoms with Gasteiger partial charge in [0.15, 0.2) is 11.5 Å². The number of imide groups is 2. The van der Waals surface area contributed by atoms with Crippen LogP contribution in [-0.2, 0) is 25.7 Å². The van der Waals surface area contributed by atoms with E-state index < -0.39 is 17.8 Å². The number of likely N-dealkylation sites (tertiary alicyclic amines) is 1. The third kappa shape index (κ3) is 4.32. The molecule has 3 heterocycles. The van der Waals surface area contributed by atoms with Gasteiger partial charge >= 0.3 is 12.0 Å². The summed E-state index contributed by atoms with van der Waals surface area (Å²) in [6, 6.07) is 4.36. The summed E-state index contributed by atoms with van der Waals surface area (Å²) in [7, 11) is 0. The molecule has 0 aromatic heterocycles. The molecule has 164 valence electrons. The molecule has 2 saturated heterocycles. The van der Waals surface area contributed by atoms with Crippen LogP contribution in [-0.4, -0.2) is 60.1 Å². The Hall–Kier alpha value is -3.56. The normalized spacial score (nSPS) is 20.3. The maximum Gasteiger partial charge on any atom is 0.331 e. The fourth-order valence-corrected chi connectivity index (χ4v) is 3.75. The molecule has 0 spiro atoms. The molecule has 31 heavy (non-hydrogen) atoms. The number of ether oxygens (including phenoxy) is 3. The second-order valence-corrected chi connectivity index (χ2v) is 7.44. The van der Waals surface area contributed by atoms with E-state index in [0.717, 1.165) is 4.90 Å². The number of carbonyl (C=O) groups excluding carboxylic acids is 4. The molecule has 1 aromatic carbocycles. The van der Waals surface area contributed by atoms with Crippen LogP contribution >= 0.6 is 0 Å². The zero-order valence-corrected chi connectivity index (χ0v) is 17.1. The Balaban J connectivity index is 1.45. The smallest absolute Gasteiger partial charge is 0.331 e. The fourth-order valence-electron chi connectivity index (χ4n) is 3.75. The van der Waals surface area contributed by atoms with Crippen molar-refractivity contribution >= 4 is 23.8 Å². The lowest BCUT2D eigenvalue weighted by atomic mass is 9.97. The van der Waals surface area contributed by atoms with Crippen molar-refractivity contribution < 1.29 is 33.4 Å². The van der Waals surface area contributed by atoms with Gasteiger partial charge in [-0.25, -0.2) is 4.79 Å². The first kappa shape index (κ1) is 20.7. The molecule has 0 bridgehead atoms. The lowest BCUT2D eigenvalue weighted by Gasteiger charge is -2.32. The van der Waals surface area contributed by atoms with Gasteiger partial charge in [-0.3, -0.25) is 24.6 Å². The number of carbonyl (C=O) groups is 4. The number of amides is 4. The molecular weight excluding hydrogens is 406 g/mol. The van der Waals surface area contributed by atoms with Crippen molar-refractivity contribution in [2.24, 2.45) is 5.92 Å². The van der Waals surface area contributed by atoms with Gasteiger partial charge in [-0.15, -0.1) is 0 Å². The SMILES string of the molecule is CCOC(=O)C1CCN(/C=C2/C(=O)NC(=O)N(Cc3ccc4c(c3)OCO4)C2=O)CC1. The number of benzene rings is 1. The van der Waals surface area contributed by atoms with Gasteiger partial charge in [-0.2, -0.15) is 0 Å². The van der Waals surface area contributed by atoms with Crippen LogP contribution in [0.4, 0.5) is 4.79 Å². The molecule has 0 aliphatic carbocycles. The molecule has 4 rings (SSSR count). The molecule has 1 aromatic rings. The molecule has 2 fully saturated rings. The maximum absolute atomic E-state index is 12.9. The van der Waals surface area contributed by atoms with Crippen molar-refractivity contribution in [2.45, 2.75) is 26.3 Å². The summed E-state index contributed by atoms with van der Waals surface area (Å²) in [5.74, 6) is -0.668. The van der Waals surface area contributed by atoms with E-state index in [9.17, 15) is 19.2 Å². The predicted molar refractivity (Wildman–Crippen MR) is 106 cm³/mol. The number of fused-ring (bicyclic) bond motifs is 1. The van der Waals surface area contributed by atoms with Crippen molar-refractivity contribution in [2.75, 3.05) is 26.5 Å². The van der Waals surface area contributed by atoms with Crippen LogP contribution in [0, 0.1) is 5.92 Å². The lowest BCUT2D eigenvalue weighted by molar-refractivity contribution is -0.149. The van der Waals surface area contributed by atoms with Crippen molar-refractivity contribution in [1.29, 1.82) is 0 Å². The van der Waals surface area contributed by atoms with E-state index in [1.807, 2.05) is 4.90 Å². The minimum atomic E-state index is -0.772. The molecule has 0 unspecified atom stereocenters. The topological polar surface area (TPSA) is 114 Å². The number of piperidine rings is 1. The zero-order chi connectivity index (χ0) is 22.0. The van der Waals surface area contributed by atoms with Gasteiger partial charge in [0.05, 0.1) is 19.1 Å². The van der Waals surface area contributed by atoms with Crippen molar-refractivity contribution in [3.05, 3.63) is 35.5 Å². The quantitative estimate of drug-likeness (QED) is 0.421. The van der Waals surface area contributed by atoms with Gasteiger partial charge in [0.2, 0.25) is 6.79 Å². The van der Waals surface area contributed by atoms with Crippen molar-refractivity contribution in [3.8, 4) is 11.5 Å². The van der Waals surface area contributed by atoms with Crippen LogP contribution in [0.1, 0.15) is 25.3 Å². The number of hydrogen-bond donors (Lipinski definition) is 1. The Morgan fingerprint density at radius 1 is 1.19 bits per heavy atom. The molecule has 4 amide bonds. The summed E-state index contributed by atoms with van der Waals surface area (Å²) in [6.45, 7) is 3.21. The summed E-state index contributed by atoms with van der Waals surface area (Å²) in [4.78, 5) is 52.2. The Morgan fingerprint density at radius 2 is 1.94 bits per heavy atom. The monoisotopic (exact) mass is 429 g/mol. The Morgan fingerprint density at radius 3 is 2.68 bits per heavy atom. The van der Waals surface area contributed by atoms with Crippen LogP contribution in [0.5, 0.6) is 11.5 Å². The van der Waals surface area contributed by atoms with Crippen LogP contribution in [0.15, 0.2) is 30.0 Å². The van der Waals surface area contributed by atoms with Gasteiger partial charge < -0.3 is 19.1 Å². The van der Waals surface area contributed by atoms with Crippen molar-refractivity contribution in [1.82, 2.24) is 15.1 Å². The predicted octanol–water partition coefficient (Wildman–Crippen LogP) is 1.15. The highest BCUT2D eigenvalue weighted by molar-refractivity contribution is 6.28. The van der Waals surface area contributed by atoms with Gasteiger partial charge in [0.25, 0.3) is 11.8 Å². The second kappa shape index (κ2) is 8.66. The van der Waals surface area contributed by atoms with Gasteiger partial charge in [-0.1, -0.05) is 6.07 Å². The van der Waals surface area contributed by atoms with E-state index in [-0.39, 0.29) is 30.8 Å². The van der Waals surface area contributed by atoms with Crippen LogP contribution in [0.25, 0.3) is 0 Å². The molecule has 0 radical (unpaired) electrons. The number of hydrogen-bond acceptors (Lipinski definition) is 8. The molecule has 3 aliphatic rings. The van der Waals surface area contributed by atoms with E-state index in [2.05, 4.69) is 5.32 Å².